The van der Waals surface area contributed by atoms with Gasteiger partial charge in [-0.05, 0) is 25.0 Å². The Balaban J connectivity index is 1.83. The number of amides is 3. The first-order chi connectivity index (χ1) is 11.5. The zero-order valence-corrected chi connectivity index (χ0v) is 13.7. The molecule has 1 unspecified atom stereocenters. The second kappa shape index (κ2) is 6.51. The van der Waals surface area contributed by atoms with Crippen LogP contribution in [-0.2, 0) is 14.4 Å². The minimum absolute atomic E-state index is 0.129. The third-order valence-corrected chi connectivity index (χ3v) is 4.65. The molecule has 1 aromatic carbocycles. The largest absolute Gasteiger partial charge is 0.368 e. The van der Waals surface area contributed by atoms with E-state index >= 15 is 0 Å². The van der Waals surface area contributed by atoms with E-state index in [4.69, 9.17) is 5.73 Å². The van der Waals surface area contributed by atoms with Crippen LogP contribution in [0.4, 0.5) is 11.4 Å². The van der Waals surface area contributed by atoms with Crippen molar-refractivity contribution in [2.45, 2.75) is 38.3 Å². The SMILES string of the molecule is CC(=O)N[C@@H](CC(=O)N1CC2CCCN2c2ccccc21)C(N)=O. The van der Waals surface area contributed by atoms with E-state index in [1.54, 1.807) is 4.90 Å². The molecule has 3 N–H and O–H groups in total. The minimum Gasteiger partial charge on any atom is -0.368 e. The van der Waals surface area contributed by atoms with E-state index < -0.39 is 11.9 Å². The summed E-state index contributed by atoms with van der Waals surface area (Å²) in [6, 6.07) is 7.12. The quantitative estimate of drug-likeness (QED) is 0.834. The molecule has 2 aliphatic heterocycles. The van der Waals surface area contributed by atoms with Crippen molar-refractivity contribution in [3.05, 3.63) is 24.3 Å². The highest BCUT2D eigenvalue weighted by atomic mass is 16.2. The number of fused-ring (bicyclic) bond motifs is 3. The number of hydrogen-bond donors (Lipinski definition) is 2. The maximum absolute atomic E-state index is 12.8. The number of nitrogens with one attached hydrogen (secondary N) is 1. The smallest absolute Gasteiger partial charge is 0.240 e. The van der Waals surface area contributed by atoms with Crippen molar-refractivity contribution >= 4 is 29.1 Å². The van der Waals surface area contributed by atoms with Gasteiger partial charge in [0.05, 0.1) is 17.8 Å². The van der Waals surface area contributed by atoms with Gasteiger partial charge in [0.25, 0.3) is 0 Å². The number of anilines is 2. The summed E-state index contributed by atoms with van der Waals surface area (Å²) in [4.78, 5) is 39.6. The second-order valence-electron chi connectivity index (χ2n) is 6.34. The summed E-state index contributed by atoms with van der Waals surface area (Å²) in [7, 11) is 0. The molecule has 1 fully saturated rings. The van der Waals surface area contributed by atoms with Crippen LogP contribution in [0.1, 0.15) is 26.2 Å². The predicted octanol–water partition coefficient (Wildman–Crippen LogP) is 0.382. The van der Waals surface area contributed by atoms with Crippen LogP contribution in [0, 0.1) is 0 Å². The van der Waals surface area contributed by atoms with Crippen molar-refractivity contribution in [3.63, 3.8) is 0 Å². The van der Waals surface area contributed by atoms with Crippen LogP contribution >= 0.6 is 0 Å². The van der Waals surface area contributed by atoms with Crippen molar-refractivity contribution < 1.29 is 14.4 Å². The fraction of sp³-hybridized carbons (Fsp3) is 0.471. The van der Waals surface area contributed by atoms with Crippen LogP contribution in [0.15, 0.2) is 24.3 Å². The molecule has 2 aliphatic rings. The van der Waals surface area contributed by atoms with Gasteiger partial charge in [0.2, 0.25) is 17.7 Å². The summed E-state index contributed by atoms with van der Waals surface area (Å²) < 4.78 is 0. The van der Waals surface area contributed by atoms with Gasteiger partial charge in [0.1, 0.15) is 6.04 Å². The second-order valence-corrected chi connectivity index (χ2v) is 6.34. The first-order valence-corrected chi connectivity index (χ1v) is 8.20. The number of nitrogens with zero attached hydrogens (tertiary/aromatic N) is 2. The summed E-state index contributed by atoms with van der Waals surface area (Å²) >= 11 is 0. The maximum Gasteiger partial charge on any atom is 0.240 e. The lowest BCUT2D eigenvalue weighted by molar-refractivity contribution is -0.128. The first kappa shape index (κ1) is 16.3. The summed E-state index contributed by atoms with van der Waals surface area (Å²) in [5, 5.41) is 2.45. The number of para-hydroxylation sites is 2. The van der Waals surface area contributed by atoms with Gasteiger partial charge in [-0.1, -0.05) is 12.1 Å². The molecule has 0 spiro atoms. The molecular weight excluding hydrogens is 308 g/mol. The molecule has 3 amide bonds. The Morgan fingerprint density at radius 2 is 2.00 bits per heavy atom. The van der Waals surface area contributed by atoms with Crippen LogP contribution in [0.25, 0.3) is 0 Å². The Morgan fingerprint density at radius 3 is 2.67 bits per heavy atom. The molecule has 1 aromatic rings. The van der Waals surface area contributed by atoms with E-state index in [1.165, 1.54) is 6.92 Å². The maximum atomic E-state index is 12.8. The molecular formula is C17H22N4O3. The van der Waals surface area contributed by atoms with Gasteiger partial charge < -0.3 is 20.9 Å². The first-order valence-electron chi connectivity index (χ1n) is 8.20. The van der Waals surface area contributed by atoms with Crippen molar-refractivity contribution in [3.8, 4) is 0 Å². The predicted molar refractivity (Wildman–Crippen MR) is 90.6 cm³/mol. The third kappa shape index (κ3) is 3.06. The van der Waals surface area contributed by atoms with E-state index in [1.807, 2.05) is 24.3 Å². The Hall–Kier alpha value is -2.57. The summed E-state index contributed by atoms with van der Waals surface area (Å²) in [5.41, 5.74) is 7.21. The fourth-order valence-electron chi connectivity index (χ4n) is 3.58. The van der Waals surface area contributed by atoms with E-state index in [-0.39, 0.29) is 18.2 Å². The lowest BCUT2D eigenvalue weighted by atomic mass is 10.1. The lowest BCUT2D eigenvalue weighted by Gasteiger charge is -2.40. The standard InChI is InChI=1S/C17H22N4O3/c1-11(22)19-13(17(18)24)9-16(23)21-10-12-5-4-8-20(12)14-6-2-3-7-15(14)21/h2-3,6-7,12-13H,4-5,8-10H2,1H3,(H2,18,24)(H,19,22)/t12?,13-/m0/s1. The average Bonchev–Trinajstić information content (AvgIpc) is 3.01. The minimum atomic E-state index is -0.983. The zero-order valence-electron chi connectivity index (χ0n) is 13.7. The Bertz CT molecular complexity index is 676. The van der Waals surface area contributed by atoms with E-state index in [0.29, 0.717) is 12.6 Å². The fourth-order valence-corrected chi connectivity index (χ4v) is 3.58. The average molecular weight is 330 g/mol. The number of rotatable bonds is 4. The normalized spacial score (nSPS) is 20.1. The molecule has 0 saturated carbocycles. The Labute approximate surface area is 140 Å². The molecule has 128 valence electrons. The Kier molecular flexibility index (Phi) is 4.42. The molecule has 1 saturated heterocycles. The molecule has 0 bridgehead atoms. The summed E-state index contributed by atoms with van der Waals surface area (Å²) in [6.45, 7) is 2.90. The van der Waals surface area contributed by atoms with Crippen molar-refractivity contribution in [1.29, 1.82) is 0 Å². The molecule has 24 heavy (non-hydrogen) atoms. The van der Waals surface area contributed by atoms with Crippen LogP contribution in [-0.4, -0.2) is 42.9 Å². The molecule has 2 atom stereocenters. The number of benzene rings is 1. The highest BCUT2D eigenvalue weighted by molar-refractivity contribution is 6.01. The lowest BCUT2D eigenvalue weighted by Crippen LogP contribution is -2.51. The molecule has 7 heteroatoms. The summed E-state index contributed by atoms with van der Waals surface area (Å²) in [5.74, 6) is -1.29. The molecule has 7 nitrogen and oxygen atoms in total. The Morgan fingerprint density at radius 1 is 1.29 bits per heavy atom. The van der Waals surface area contributed by atoms with E-state index in [0.717, 1.165) is 30.8 Å². The van der Waals surface area contributed by atoms with Crippen LogP contribution in [0.5, 0.6) is 0 Å². The topological polar surface area (TPSA) is 95.7 Å². The molecule has 0 radical (unpaired) electrons. The van der Waals surface area contributed by atoms with Gasteiger partial charge in [-0.3, -0.25) is 14.4 Å². The van der Waals surface area contributed by atoms with Gasteiger partial charge in [-0.2, -0.15) is 0 Å². The molecule has 0 aromatic heterocycles. The molecule has 2 heterocycles. The highest BCUT2D eigenvalue weighted by Crippen LogP contribution is 2.39. The van der Waals surface area contributed by atoms with E-state index in [2.05, 4.69) is 10.2 Å². The van der Waals surface area contributed by atoms with Gasteiger partial charge in [0, 0.05) is 26.1 Å². The van der Waals surface area contributed by atoms with Gasteiger partial charge in [0.15, 0.2) is 0 Å². The van der Waals surface area contributed by atoms with Crippen molar-refractivity contribution in [2.24, 2.45) is 5.73 Å². The number of carbonyl (C=O) groups excluding carboxylic acids is 3. The van der Waals surface area contributed by atoms with Crippen LogP contribution in [0.3, 0.4) is 0 Å². The van der Waals surface area contributed by atoms with Crippen LogP contribution < -0.4 is 20.9 Å². The monoisotopic (exact) mass is 330 g/mol. The molecule has 0 aliphatic carbocycles. The third-order valence-electron chi connectivity index (χ3n) is 4.65. The van der Waals surface area contributed by atoms with Gasteiger partial charge >= 0.3 is 0 Å². The van der Waals surface area contributed by atoms with Crippen LogP contribution in [0.2, 0.25) is 0 Å². The van der Waals surface area contributed by atoms with E-state index in [9.17, 15) is 14.4 Å². The van der Waals surface area contributed by atoms with Crippen molar-refractivity contribution in [1.82, 2.24) is 5.32 Å². The summed E-state index contributed by atoms with van der Waals surface area (Å²) in [6.07, 6.45) is 2.02. The highest BCUT2D eigenvalue weighted by Gasteiger charge is 2.36. The van der Waals surface area contributed by atoms with Crippen molar-refractivity contribution in [2.75, 3.05) is 22.9 Å². The van der Waals surface area contributed by atoms with Gasteiger partial charge in [-0.25, -0.2) is 0 Å². The number of carbonyl (C=O) groups is 3. The number of nitrogens with two attached hydrogens (primary N) is 1. The number of primary amides is 1. The van der Waals surface area contributed by atoms with Gasteiger partial charge in [-0.15, -0.1) is 0 Å². The molecule has 3 rings (SSSR count). The zero-order chi connectivity index (χ0) is 17.3. The number of hydrogen-bond acceptors (Lipinski definition) is 4.